The molecule has 0 aliphatic rings. The van der Waals surface area contributed by atoms with Gasteiger partial charge >= 0.3 is 17.9 Å². The molecule has 456 valence electrons. The van der Waals surface area contributed by atoms with Crippen LogP contribution in [0.25, 0.3) is 0 Å². The fraction of sp³-hybridized carbons (Fsp3) is 0.930. The summed E-state index contributed by atoms with van der Waals surface area (Å²) in [7, 11) is 0. The van der Waals surface area contributed by atoms with Crippen LogP contribution in [0.3, 0.4) is 0 Å². The smallest absolute Gasteiger partial charge is 0.306 e. The number of carbonyl (C=O) groups excluding carboxylic acids is 3. The predicted octanol–water partition coefficient (Wildman–Crippen LogP) is 24.0. The van der Waals surface area contributed by atoms with Gasteiger partial charge in [0.25, 0.3) is 0 Å². The Labute approximate surface area is 481 Å². The van der Waals surface area contributed by atoms with E-state index in [2.05, 4.69) is 32.9 Å². The van der Waals surface area contributed by atoms with Gasteiger partial charge in [0.1, 0.15) is 13.2 Å². The number of hydrogen-bond acceptors (Lipinski definition) is 6. The van der Waals surface area contributed by atoms with Gasteiger partial charge in [-0.3, -0.25) is 14.4 Å². The maximum Gasteiger partial charge on any atom is 0.306 e. The van der Waals surface area contributed by atoms with Crippen molar-refractivity contribution in [2.24, 2.45) is 0 Å². The summed E-state index contributed by atoms with van der Waals surface area (Å²) >= 11 is 0. The minimum absolute atomic E-state index is 0.0663. The van der Waals surface area contributed by atoms with Crippen molar-refractivity contribution in [3.8, 4) is 0 Å². The van der Waals surface area contributed by atoms with Crippen molar-refractivity contribution >= 4 is 17.9 Å². The fourth-order valence-electron chi connectivity index (χ4n) is 11.0. The minimum Gasteiger partial charge on any atom is -0.462 e. The molecule has 0 rings (SSSR count). The van der Waals surface area contributed by atoms with Crippen LogP contribution < -0.4 is 0 Å². The van der Waals surface area contributed by atoms with E-state index in [4.69, 9.17) is 14.2 Å². The largest absolute Gasteiger partial charge is 0.462 e. The standard InChI is InChI=1S/C71H136O6/c1-4-7-10-13-16-18-20-22-24-26-27-28-29-30-31-32-33-34-35-36-37-38-39-40-41-42-43-45-46-48-50-52-55-58-61-64-70(73)76-67-68(66-75-69(72)63-60-57-54-15-12-9-6-3)77-71(74)65-62-59-56-53-51-49-47-44-25-23-21-19-17-14-11-8-5-2/h23,25,68H,4-22,24,26-67H2,1-3H3/b25-23-. The topological polar surface area (TPSA) is 78.9 Å². The third-order valence-corrected chi connectivity index (χ3v) is 16.3. The maximum atomic E-state index is 12.8. The molecule has 0 bridgehead atoms. The van der Waals surface area contributed by atoms with Crippen LogP contribution in [0.4, 0.5) is 0 Å². The highest BCUT2D eigenvalue weighted by molar-refractivity contribution is 5.71. The molecule has 1 atom stereocenters. The second kappa shape index (κ2) is 66.7. The lowest BCUT2D eigenvalue weighted by Crippen LogP contribution is -2.30. The van der Waals surface area contributed by atoms with E-state index < -0.39 is 6.10 Å². The first-order valence-corrected chi connectivity index (χ1v) is 35.2. The van der Waals surface area contributed by atoms with Crippen LogP contribution in [0.1, 0.15) is 406 Å². The molecule has 0 aromatic rings. The number of unbranched alkanes of at least 4 members (excludes halogenated alkanes) is 53. The summed E-state index contributed by atoms with van der Waals surface area (Å²) in [6.07, 6.45) is 80.1. The second-order valence-corrected chi connectivity index (χ2v) is 24.2. The van der Waals surface area contributed by atoms with Gasteiger partial charge in [0.2, 0.25) is 0 Å². The first-order chi connectivity index (χ1) is 38.0. The molecule has 0 heterocycles. The zero-order valence-electron chi connectivity index (χ0n) is 52.5. The zero-order valence-corrected chi connectivity index (χ0v) is 52.5. The van der Waals surface area contributed by atoms with Gasteiger partial charge in [-0.1, -0.05) is 354 Å². The van der Waals surface area contributed by atoms with Crippen molar-refractivity contribution in [1.29, 1.82) is 0 Å². The molecule has 6 heteroatoms. The Morgan fingerprint density at radius 2 is 0.429 bits per heavy atom. The summed E-state index contributed by atoms with van der Waals surface area (Å²) in [5.74, 6) is -0.851. The molecule has 0 aliphatic carbocycles. The summed E-state index contributed by atoms with van der Waals surface area (Å²) in [6.45, 7) is 6.66. The summed E-state index contributed by atoms with van der Waals surface area (Å²) in [5.41, 5.74) is 0. The SMILES string of the molecule is CCCCCCCC/C=C\CCCCCCCCCC(=O)OC(COC(=O)CCCCCCCCC)COC(=O)CCCCCCCCCCCCCCCCCCCCCCCCCCCCCCCCCCCCC. The lowest BCUT2D eigenvalue weighted by atomic mass is 10.0. The van der Waals surface area contributed by atoms with Gasteiger partial charge in [-0.05, 0) is 44.9 Å². The van der Waals surface area contributed by atoms with E-state index in [1.807, 2.05) is 0 Å². The Bertz CT molecular complexity index is 1200. The first kappa shape index (κ1) is 75.2. The van der Waals surface area contributed by atoms with Gasteiger partial charge in [-0.25, -0.2) is 0 Å². The van der Waals surface area contributed by atoms with E-state index in [-0.39, 0.29) is 31.1 Å². The fourth-order valence-corrected chi connectivity index (χ4v) is 11.0. The van der Waals surface area contributed by atoms with Gasteiger partial charge in [0.15, 0.2) is 6.10 Å². The highest BCUT2D eigenvalue weighted by atomic mass is 16.6. The summed E-state index contributed by atoms with van der Waals surface area (Å²) in [5, 5.41) is 0. The molecule has 0 aliphatic heterocycles. The van der Waals surface area contributed by atoms with Crippen LogP contribution in [0, 0.1) is 0 Å². The van der Waals surface area contributed by atoms with Crippen molar-refractivity contribution in [1.82, 2.24) is 0 Å². The van der Waals surface area contributed by atoms with E-state index in [0.717, 1.165) is 57.8 Å². The molecule has 0 aromatic heterocycles. The third-order valence-electron chi connectivity index (χ3n) is 16.3. The van der Waals surface area contributed by atoms with Crippen LogP contribution in [0.15, 0.2) is 12.2 Å². The van der Waals surface area contributed by atoms with Gasteiger partial charge in [-0.15, -0.1) is 0 Å². The third kappa shape index (κ3) is 64.9. The molecule has 77 heavy (non-hydrogen) atoms. The maximum absolute atomic E-state index is 12.8. The average Bonchev–Trinajstić information content (AvgIpc) is 3.43. The summed E-state index contributed by atoms with van der Waals surface area (Å²) in [4.78, 5) is 38.1. The highest BCUT2D eigenvalue weighted by Gasteiger charge is 2.19. The lowest BCUT2D eigenvalue weighted by molar-refractivity contribution is -0.167. The second-order valence-electron chi connectivity index (χ2n) is 24.2. The van der Waals surface area contributed by atoms with E-state index in [0.29, 0.717) is 19.3 Å². The average molecular weight is 1090 g/mol. The van der Waals surface area contributed by atoms with Gasteiger partial charge < -0.3 is 14.2 Å². The molecule has 0 amide bonds. The number of rotatable bonds is 66. The predicted molar refractivity (Wildman–Crippen MR) is 335 cm³/mol. The zero-order chi connectivity index (χ0) is 55.7. The van der Waals surface area contributed by atoms with Crippen LogP contribution in [0.5, 0.6) is 0 Å². The van der Waals surface area contributed by atoms with Crippen LogP contribution >= 0.6 is 0 Å². The molecule has 0 spiro atoms. The van der Waals surface area contributed by atoms with E-state index in [9.17, 15) is 14.4 Å². The van der Waals surface area contributed by atoms with Gasteiger partial charge in [-0.2, -0.15) is 0 Å². The molecule has 0 aromatic carbocycles. The van der Waals surface area contributed by atoms with Crippen molar-refractivity contribution in [2.45, 2.75) is 412 Å². The van der Waals surface area contributed by atoms with Crippen LogP contribution in [0.2, 0.25) is 0 Å². The Kier molecular flexibility index (Phi) is 65.1. The summed E-state index contributed by atoms with van der Waals surface area (Å²) < 4.78 is 16.9. The molecular weight excluding hydrogens is 949 g/mol. The number of ether oxygens (including phenoxy) is 3. The molecule has 0 N–H and O–H groups in total. The molecule has 0 saturated carbocycles. The van der Waals surface area contributed by atoms with Crippen LogP contribution in [-0.2, 0) is 28.6 Å². The number of hydrogen-bond donors (Lipinski definition) is 0. The Balaban J connectivity index is 3.89. The molecular formula is C71H136O6. The Hall–Kier alpha value is -1.85. The van der Waals surface area contributed by atoms with Crippen molar-refractivity contribution in [2.75, 3.05) is 13.2 Å². The normalized spacial score (nSPS) is 12.0. The molecule has 0 saturated heterocycles. The van der Waals surface area contributed by atoms with Crippen molar-refractivity contribution in [3.63, 3.8) is 0 Å². The van der Waals surface area contributed by atoms with E-state index in [1.165, 1.54) is 308 Å². The molecule has 6 nitrogen and oxygen atoms in total. The monoisotopic (exact) mass is 1090 g/mol. The van der Waals surface area contributed by atoms with E-state index in [1.54, 1.807) is 0 Å². The van der Waals surface area contributed by atoms with Crippen LogP contribution in [-0.4, -0.2) is 37.2 Å². The number of allylic oxidation sites excluding steroid dienone is 2. The van der Waals surface area contributed by atoms with Crippen molar-refractivity contribution < 1.29 is 28.6 Å². The molecule has 0 radical (unpaired) electrons. The Morgan fingerprint density at radius 3 is 0.649 bits per heavy atom. The molecule has 0 fully saturated rings. The minimum atomic E-state index is -0.766. The molecule has 1 unspecified atom stereocenters. The summed E-state index contributed by atoms with van der Waals surface area (Å²) in [6, 6.07) is 0. The van der Waals surface area contributed by atoms with Gasteiger partial charge in [0, 0.05) is 19.3 Å². The highest BCUT2D eigenvalue weighted by Crippen LogP contribution is 2.19. The van der Waals surface area contributed by atoms with E-state index >= 15 is 0 Å². The number of carbonyl (C=O) groups is 3. The lowest BCUT2D eigenvalue weighted by Gasteiger charge is -2.18. The first-order valence-electron chi connectivity index (χ1n) is 35.2. The number of esters is 3. The quantitative estimate of drug-likeness (QED) is 0.0261. The van der Waals surface area contributed by atoms with Gasteiger partial charge in [0.05, 0.1) is 0 Å². The Morgan fingerprint density at radius 1 is 0.247 bits per heavy atom. The van der Waals surface area contributed by atoms with Crippen molar-refractivity contribution in [3.05, 3.63) is 12.2 Å².